The number of aryl methyl sites for hydroxylation is 1. The smallest absolute Gasteiger partial charge is 0.377 e. The van der Waals surface area contributed by atoms with Crippen molar-refractivity contribution in [1.29, 1.82) is 0 Å². The molecule has 2 aliphatic heterocycles. The van der Waals surface area contributed by atoms with E-state index < -0.39 is 17.6 Å². The molecule has 11 heteroatoms. The van der Waals surface area contributed by atoms with Gasteiger partial charge in [0.2, 0.25) is 0 Å². The van der Waals surface area contributed by atoms with Crippen molar-refractivity contribution < 1.29 is 22.7 Å². The summed E-state index contributed by atoms with van der Waals surface area (Å²) in [6.45, 7) is 12.4. The van der Waals surface area contributed by atoms with Gasteiger partial charge in [0.1, 0.15) is 0 Å². The Morgan fingerprint density at radius 1 is 1.12 bits per heavy atom. The molecule has 214 valence electrons. The number of nitrogens with one attached hydrogen (secondary N) is 1. The molecule has 0 aromatic carbocycles. The molecule has 5 rings (SSSR count). The number of rotatable bonds is 5. The number of hydrogen-bond acceptors (Lipinski definition) is 6. The first kappa shape index (κ1) is 29.4. The van der Waals surface area contributed by atoms with Gasteiger partial charge < -0.3 is 10.1 Å². The highest BCUT2D eigenvalue weighted by Gasteiger charge is 2.32. The molecule has 0 spiro atoms. The maximum Gasteiger partial charge on any atom is 0.417 e. The van der Waals surface area contributed by atoms with Crippen LogP contribution in [-0.2, 0) is 10.9 Å². The van der Waals surface area contributed by atoms with Crippen LogP contribution in [0.4, 0.5) is 18.9 Å². The molecule has 0 bridgehead atoms. The average molecular weight is 557 g/mol. The zero-order chi connectivity index (χ0) is 29.0. The first-order chi connectivity index (χ1) is 19.1. The minimum atomic E-state index is -4.48. The number of ether oxygens (including phenoxy) is 1. The lowest BCUT2D eigenvalue weighted by Crippen LogP contribution is -2.42. The number of hydrogen-bond donors (Lipinski definition) is 1. The van der Waals surface area contributed by atoms with Crippen LogP contribution in [0.25, 0.3) is 11.4 Å². The van der Waals surface area contributed by atoms with Gasteiger partial charge in [-0.2, -0.15) is 18.3 Å². The van der Waals surface area contributed by atoms with Gasteiger partial charge >= 0.3 is 6.18 Å². The van der Waals surface area contributed by atoms with Crippen molar-refractivity contribution in [3.05, 3.63) is 70.9 Å². The van der Waals surface area contributed by atoms with Crippen LogP contribution >= 0.6 is 0 Å². The zero-order valence-electron chi connectivity index (χ0n) is 23.4. The van der Waals surface area contributed by atoms with Gasteiger partial charge in [0.15, 0.2) is 5.82 Å². The second kappa shape index (κ2) is 12.3. The lowest BCUT2D eigenvalue weighted by Gasteiger charge is -2.33. The van der Waals surface area contributed by atoms with Crippen LogP contribution in [0.5, 0.6) is 0 Å². The molecule has 2 aliphatic rings. The van der Waals surface area contributed by atoms with Gasteiger partial charge in [-0.1, -0.05) is 19.9 Å². The van der Waals surface area contributed by atoms with Crippen LogP contribution in [0, 0.1) is 13.8 Å². The van der Waals surface area contributed by atoms with Gasteiger partial charge in [0.25, 0.3) is 5.91 Å². The summed E-state index contributed by atoms with van der Waals surface area (Å²) >= 11 is 0. The molecular weight excluding hydrogens is 521 g/mol. The number of halogens is 3. The Morgan fingerprint density at radius 2 is 1.90 bits per heavy atom. The van der Waals surface area contributed by atoms with Gasteiger partial charge in [-0.15, -0.1) is 0 Å². The Kier molecular flexibility index (Phi) is 9.05. The number of pyridine rings is 2. The summed E-state index contributed by atoms with van der Waals surface area (Å²) in [5, 5.41) is 7.00. The van der Waals surface area contributed by atoms with Crippen LogP contribution in [0.15, 0.2) is 42.9 Å². The summed E-state index contributed by atoms with van der Waals surface area (Å²) in [4.78, 5) is 23.9. The van der Waals surface area contributed by atoms with E-state index in [9.17, 15) is 18.0 Å². The van der Waals surface area contributed by atoms with E-state index in [1.165, 1.54) is 22.5 Å². The summed E-state index contributed by atoms with van der Waals surface area (Å²) in [5.74, 6) is -0.208. The van der Waals surface area contributed by atoms with Crippen molar-refractivity contribution in [3.8, 4) is 5.82 Å². The van der Waals surface area contributed by atoms with Crippen molar-refractivity contribution in [2.75, 3.05) is 25.0 Å². The molecule has 3 aromatic heterocycles. The van der Waals surface area contributed by atoms with Gasteiger partial charge in [-0.05, 0) is 62.9 Å². The number of aromatic nitrogens is 4. The van der Waals surface area contributed by atoms with E-state index in [1.54, 1.807) is 13.1 Å². The molecule has 1 fully saturated rings. The zero-order valence-corrected chi connectivity index (χ0v) is 23.4. The summed E-state index contributed by atoms with van der Waals surface area (Å²) < 4.78 is 45.6. The Balaban J connectivity index is 0.00000181. The summed E-state index contributed by atoms with van der Waals surface area (Å²) in [6, 6.07) is 4.50. The average Bonchev–Trinajstić information content (AvgIpc) is 3.55. The third kappa shape index (κ3) is 6.26. The fraction of sp³-hybridized carbons (Fsp3) is 0.448. The van der Waals surface area contributed by atoms with E-state index in [4.69, 9.17) is 4.74 Å². The highest BCUT2D eigenvalue weighted by atomic mass is 19.4. The standard InChI is InChI=1S/C27H29F3N6O2.C2H6/c1-16-12-21(14-32-25(16)19-6-9-35(10-7-19)23-8-11-38-18(23)3)34-26(37)22-15-33-36(17(22)2)24-5-4-20(13-31-24)27(28,29)30;1-2/h4-6,12-15,18,23H,7-11H2,1-3H3,(H,34,37);1-2H3. The van der Waals surface area contributed by atoms with Crippen molar-refractivity contribution >= 4 is 17.2 Å². The fourth-order valence-corrected chi connectivity index (χ4v) is 5.12. The van der Waals surface area contributed by atoms with Crippen LogP contribution in [0.2, 0.25) is 0 Å². The Hall–Kier alpha value is -3.57. The van der Waals surface area contributed by atoms with Crippen molar-refractivity contribution in [2.45, 2.75) is 65.8 Å². The van der Waals surface area contributed by atoms with E-state index in [0.717, 1.165) is 56.1 Å². The molecule has 2 atom stereocenters. The molecular formula is C29H35F3N6O2. The lowest BCUT2D eigenvalue weighted by atomic mass is 9.98. The lowest BCUT2D eigenvalue weighted by molar-refractivity contribution is -0.137. The molecule has 1 amide bonds. The van der Waals surface area contributed by atoms with E-state index in [0.29, 0.717) is 17.4 Å². The van der Waals surface area contributed by atoms with Crippen molar-refractivity contribution in [2.24, 2.45) is 0 Å². The van der Waals surface area contributed by atoms with Gasteiger partial charge in [0, 0.05) is 31.9 Å². The molecule has 0 aliphatic carbocycles. The Labute approximate surface area is 232 Å². The topological polar surface area (TPSA) is 85.2 Å². The normalized spacial score (nSPS) is 19.6. The molecule has 3 aromatic rings. The van der Waals surface area contributed by atoms with E-state index in [1.807, 2.05) is 26.8 Å². The molecule has 1 saturated heterocycles. The summed E-state index contributed by atoms with van der Waals surface area (Å²) in [6.07, 6.45) is 3.73. The highest BCUT2D eigenvalue weighted by molar-refractivity contribution is 6.05. The molecule has 1 N–H and O–H groups in total. The summed E-state index contributed by atoms with van der Waals surface area (Å²) in [5.41, 5.74) is 3.52. The number of carbonyl (C=O) groups is 1. The molecule has 0 radical (unpaired) electrons. The number of alkyl halides is 3. The predicted molar refractivity (Wildman–Crippen MR) is 147 cm³/mol. The number of nitrogens with zero attached hydrogens (tertiary/aromatic N) is 5. The second-order valence-corrected chi connectivity index (χ2v) is 9.71. The first-order valence-electron chi connectivity index (χ1n) is 13.5. The Morgan fingerprint density at radius 3 is 2.48 bits per heavy atom. The van der Waals surface area contributed by atoms with Gasteiger partial charge in [-0.25, -0.2) is 9.67 Å². The SMILES string of the molecule is CC.Cc1cc(NC(=O)c2cnn(-c3ccc(C(F)(F)F)cn3)c2C)cnc1C1=CCN(C2CCOC2C)CC1. The van der Waals surface area contributed by atoms with Crippen molar-refractivity contribution in [3.63, 3.8) is 0 Å². The van der Waals surface area contributed by atoms with E-state index in [2.05, 4.69) is 38.3 Å². The quantitative estimate of drug-likeness (QED) is 0.425. The third-order valence-corrected chi connectivity index (χ3v) is 7.23. The molecule has 8 nitrogen and oxygen atoms in total. The minimum Gasteiger partial charge on any atom is -0.377 e. The van der Waals surface area contributed by atoms with Gasteiger partial charge in [0.05, 0.1) is 46.7 Å². The maximum absolute atomic E-state index is 13.0. The van der Waals surface area contributed by atoms with E-state index >= 15 is 0 Å². The van der Waals surface area contributed by atoms with Crippen LogP contribution < -0.4 is 5.32 Å². The number of amides is 1. The maximum atomic E-state index is 13.0. The number of anilines is 1. The minimum absolute atomic E-state index is 0.186. The largest absolute Gasteiger partial charge is 0.417 e. The molecule has 40 heavy (non-hydrogen) atoms. The van der Waals surface area contributed by atoms with Crippen LogP contribution in [-0.4, -0.2) is 62.4 Å². The fourth-order valence-electron chi connectivity index (χ4n) is 5.12. The monoisotopic (exact) mass is 556 g/mol. The van der Waals surface area contributed by atoms with Crippen molar-refractivity contribution in [1.82, 2.24) is 24.6 Å². The van der Waals surface area contributed by atoms with E-state index in [-0.39, 0.29) is 17.5 Å². The Bertz CT molecular complexity index is 1370. The predicted octanol–water partition coefficient (Wildman–Crippen LogP) is 5.84. The molecule has 0 saturated carbocycles. The first-order valence-corrected chi connectivity index (χ1v) is 13.5. The van der Waals surface area contributed by atoms with Gasteiger partial charge in [-0.3, -0.25) is 14.7 Å². The number of carbonyl (C=O) groups excluding carboxylic acids is 1. The molecule has 2 unspecified atom stereocenters. The molecule has 5 heterocycles. The van der Waals surface area contributed by atoms with Crippen LogP contribution in [0.3, 0.4) is 0 Å². The second-order valence-electron chi connectivity index (χ2n) is 9.71. The third-order valence-electron chi connectivity index (χ3n) is 7.23. The summed E-state index contributed by atoms with van der Waals surface area (Å²) in [7, 11) is 0. The highest BCUT2D eigenvalue weighted by Crippen LogP contribution is 2.30. The van der Waals surface area contributed by atoms with Crippen LogP contribution in [0.1, 0.15) is 66.5 Å².